The number of imidazole rings is 1. The second-order valence-electron chi connectivity index (χ2n) is 7.50. The van der Waals surface area contributed by atoms with E-state index in [1.54, 1.807) is 0 Å². The van der Waals surface area contributed by atoms with Crippen LogP contribution in [-0.2, 0) is 16.0 Å². The number of nitrogens with one attached hydrogen (secondary N) is 3. The number of hydrogen-bond acceptors (Lipinski definition) is 3. The fourth-order valence-electron chi connectivity index (χ4n) is 3.06. The van der Waals surface area contributed by atoms with Gasteiger partial charge in [0.05, 0.1) is 17.5 Å². The highest BCUT2D eigenvalue weighted by atomic mass is 16.2. The minimum atomic E-state index is -0.619. The van der Waals surface area contributed by atoms with Crippen LogP contribution in [0.4, 0.5) is 5.95 Å². The molecular weight excluding hydrogens is 352 g/mol. The van der Waals surface area contributed by atoms with Crippen LogP contribution in [0.15, 0.2) is 48.5 Å². The number of para-hydroxylation sites is 2. The Bertz CT molecular complexity index is 927. The van der Waals surface area contributed by atoms with Gasteiger partial charge in [-0.1, -0.05) is 55.8 Å². The number of aromatic nitrogens is 2. The standard InChI is InChI=1S/C22H26N4O2/c1-14(2)12-19(23-20(27)13-16-10-8-15(3)9-11-16)21(28)26-22-24-17-6-4-5-7-18(17)25-22/h4-11,14,19H,12-13H2,1-3H3,(H,23,27)(H2,24,25,26,28)/t19-/m1/s1. The summed E-state index contributed by atoms with van der Waals surface area (Å²) in [5.74, 6) is 0.193. The molecule has 0 saturated heterocycles. The molecule has 1 aromatic heterocycles. The molecule has 0 fully saturated rings. The number of carbonyl (C=O) groups is 2. The summed E-state index contributed by atoms with van der Waals surface area (Å²) in [6.07, 6.45) is 0.790. The van der Waals surface area contributed by atoms with Crippen molar-refractivity contribution in [3.63, 3.8) is 0 Å². The van der Waals surface area contributed by atoms with E-state index < -0.39 is 6.04 Å². The van der Waals surface area contributed by atoms with E-state index in [0.717, 1.165) is 22.2 Å². The van der Waals surface area contributed by atoms with Gasteiger partial charge in [-0.3, -0.25) is 14.9 Å². The molecule has 3 N–H and O–H groups in total. The summed E-state index contributed by atoms with van der Waals surface area (Å²) in [6, 6.07) is 14.8. The van der Waals surface area contributed by atoms with Gasteiger partial charge in [0.25, 0.3) is 0 Å². The highest BCUT2D eigenvalue weighted by Gasteiger charge is 2.23. The molecule has 0 radical (unpaired) electrons. The molecule has 28 heavy (non-hydrogen) atoms. The molecule has 2 aromatic carbocycles. The van der Waals surface area contributed by atoms with Crippen molar-refractivity contribution < 1.29 is 9.59 Å². The molecule has 0 saturated carbocycles. The van der Waals surface area contributed by atoms with Crippen molar-refractivity contribution in [3.05, 3.63) is 59.7 Å². The number of aryl methyl sites for hydroxylation is 1. The second-order valence-corrected chi connectivity index (χ2v) is 7.50. The van der Waals surface area contributed by atoms with Crippen LogP contribution in [-0.4, -0.2) is 27.8 Å². The van der Waals surface area contributed by atoms with Gasteiger partial charge in [-0.05, 0) is 37.0 Å². The van der Waals surface area contributed by atoms with Crippen molar-refractivity contribution in [2.45, 2.75) is 39.7 Å². The number of aromatic amines is 1. The predicted octanol–water partition coefficient (Wildman–Crippen LogP) is 3.58. The molecule has 0 unspecified atom stereocenters. The van der Waals surface area contributed by atoms with Gasteiger partial charge in [0, 0.05) is 0 Å². The number of nitrogens with zero attached hydrogens (tertiary/aromatic N) is 1. The van der Waals surface area contributed by atoms with Crippen LogP contribution in [0.3, 0.4) is 0 Å². The van der Waals surface area contributed by atoms with Gasteiger partial charge in [0.1, 0.15) is 6.04 Å². The quantitative estimate of drug-likeness (QED) is 0.587. The Morgan fingerprint density at radius 2 is 1.79 bits per heavy atom. The van der Waals surface area contributed by atoms with Crippen LogP contribution in [0.5, 0.6) is 0 Å². The van der Waals surface area contributed by atoms with Crippen molar-refractivity contribution in [1.82, 2.24) is 15.3 Å². The lowest BCUT2D eigenvalue weighted by Gasteiger charge is -2.19. The fraction of sp³-hybridized carbons (Fsp3) is 0.318. The van der Waals surface area contributed by atoms with E-state index in [-0.39, 0.29) is 24.2 Å². The Hall–Kier alpha value is -3.15. The van der Waals surface area contributed by atoms with Crippen LogP contribution >= 0.6 is 0 Å². The molecule has 3 rings (SSSR count). The van der Waals surface area contributed by atoms with E-state index in [9.17, 15) is 9.59 Å². The molecule has 2 amide bonds. The molecule has 146 valence electrons. The number of anilines is 1. The monoisotopic (exact) mass is 378 g/mol. The topological polar surface area (TPSA) is 86.9 Å². The number of H-pyrrole nitrogens is 1. The van der Waals surface area contributed by atoms with Gasteiger partial charge in [0.2, 0.25) is 17.8 Å². The summed E-state index contributed by atoms with van der Waals surface area (Å²) in [6.45, 7) is 6.05. The summed E-state index contributed by atoms with van der Waals surface area (Å²) >= 11 is 0. The van der Waals surface area contributed by atoms with Crippen LogP contribution in [0.2, 0.25) is 0 Å². The molecule has 0 bridgehead atoms. The third-order valence-electron chi connectivity index (χ3n) is 4.48. The average molecular weight is 378 g/mol. The Labute approximate surface area is 164 Å². The van der Waals surface area contributed by atoms with Crippen molar-refractivity contribution in [3.8, 4) is 0 Å². The fourth-order valence-corrected chi connectivity index (χ4v) is 3.06. The molecule has 1 heterocycles. The summed E-state index contributed by atoms with van der Waals surface area (Å²) < 4.78 is 0. The third-order valence-corrected chi connectivity index (χ3v) is 4.48. The lowest BCUT2D eigenvalue weighted by atomic mass is 10.0. The summed E-state index contributed by atoms with van der Waals surface area (Å²) in [4.78, 5) is 32.7. The van der Waals surface area contributed by atoms with Crippen molar-refractivity contribution in [2.24, 2.45) is 5.92 Å². The Morgan fingerprint density at radius 1 is 1.07 bits per heavy atom. The van der Waals surface area contributed by atoms with Crippen LogP contribution in [0.1, 0.15) is 31.4 Å². The summed E-state index contributed by atoms with van der Waals surface area (Å²) in [7, 11) is 0. The van der Waals surface area contributed by atoms with Crippen LogP contribution < -0.4 is 10.6 Å². The zero-order chi connectivity index (χ0) is 20.1. The predicted molar refractivity (Wildman–Crippen MR) is 111 cm³/mol. The molecule has 3 aromatic rings. The molecule has 6 nitrogen and oxygen atoms in total. The normalized spacial score (nSPS) is 12.1. The van der Waals surface area contributed by atoms with Gasteiger partial charge >= 0.3 is 0 Å². The van der Waals surface area contributed by atoms with E-state index in [1.807, 2.05) is 69.3 Å². The number of benzene rings is 2. The van der Waals surface area contributed by atoms with Gasteiger partial charge in [-0.2, -0.15) is 0 Å². The first-order valence-electron chi connectivity index (χ1n) is 9.51. The lowest BCUT2D eigenvalue weighted by Crippen LogP contribution is -2.45. The lowest BCUT2D eigenvalue weighted by molar-refractivity contribution is -0.126. The number of hydrogen-bond donors (Lipinski definition) is 3. The first-order chi connectivity index (χ1) is 13.4. The van der Waals surface area contributed by atoms with Crippen molar-refractivity contribution in [1.29, 1.82) is 0 Å². The van der Waals surface area contributed by atoms with E-state index in [2.05, 4.69) is 20.6 Å². The number of carbonyl (C=O) groups excluding carboxylic acids is 2. The SMILES string of the molecule is Cc1ccc(CC(=O)N[C@H](CC(C)C)C(=O)Nc2nc3ccccc3[nH]2)cc1. The Kier molecular flexibility index (Phi) is 6.09. The Balaban J connectivity index is 1.66. The summed E-state index contributed by atoms with van der Waals surface area (Å²) in [5, 5.41) is 5.67. The average Bonchev–Trinajstić information content (AvgIpc) is 3.05. The van der Waals surface area contributed by atoms with E-state index >= 15 is 0 Å². The third kappa shape index (κ3) is 5.19. The largest absolute Gasteiger partial charge is 0.344 e. The molecule has 0 aliphatic heterocycles. The van der Waals surface area contributed by atoms with Gasteiger partial charge in [-0.15, -0.1) is 0 Å². The first-order valence-corrected chi connectivity index (χ1v) is 9.51. The molecule has 0 aliphatic rings. The van der Waals surface area contributed by atoms with Crippen LogP contribution in [0, 0.1) is 12.8 Å². The minimum Gasteiger partial charge on any atom is -0.344 e. The van der Waals surface area contributed by atoms with Gasteiger partial charge < -0.3 is 10.3 Å². The maximum atomic E-state index is 12.8. The Morgan fingerprint density at radius 3 is 2.46 bits per heavy atom. The molecule has 1 atom stereocenters. The second kappa shape index (κ2) is 8.69. The maximum Gasteiger partial charge on any atom is 0.249 e. The number of amides is 2. The van der Waals surface area contributed by atoms with Gasteiger partial charge in [0.15, 0.2) is 0 Å². The van der Waals surface area contributed by atoms with Crippen LogP contribution in [0.25, 0.3) is 11.0 Å². The maximum absolute atomic E-state index is 12.8. The highest BCUT2D eigenvalue weighted by molar-refractivity contribution is 5.97. The van der Waals surface area contributed by atoms with Gasteiger partial charge in [-0.25, -0.2) is 4.98 Å². The van der Waals surface area contributed by atoms with Crippen molar-refractivity contribution in [2.75, 3.05) is 5.32 Å². The smallest absolute Gasteiger partial charge is 0.249 e. The van der Waals surface area contributed by atoms with E-state index in [4.69, 9.17) is 0 Å². The number of rotatable bonds is 7. The van der Waals surface area contributed by atoms with E-state index in [0.29, 0.717) is 12.4 Å². The van der Waals surface area contributed by atoms with Crippen molar-refractivity contribution >= 4 is 28.8 Å². The molecular formula is C22H26N4O2. The molecule has 0 spiro atoms. The zero-order valence-electron chi connectivity index (χ0n) is 16.5. The molecule has 6 heteroatoms. The van der Waals surface area contributed by atoms with E-state index in [1.165, 1.54) is 0 Å². The summed E-state index contributed by atoms with van der Waals surface area (Å²) in [5.41, 5.74) is 3.69. The minimum absolute atomic E-state index is 0.172. The molecule has 0 aliphatic carbocycles. The zero-order valence-corrected chi connectivity index (χ0v) is 16.5. The highest BCUT2D eigenvalue weighted by Crippen LogP contribution is 2.14. The first kappa shape index (κ1) is 19.6. The number of fused-ring (bicyclic) bond motifs is 1.